The average Bonchev–Trinajstić information content (AvgIpc) is 2.68. The van der Waals surface area contributed by atoms with E-state index in [-0.39, 0.29) is 0 Å². The fourth-order valence-corrected chi connectivity index (χ4v) is 2.76. The lowest BCUT2D eigenvalue weighted by molar-refractivity contribution is 0.782. The summed E-state index contributed by atoms with van der Waals surface area (Å²) in [5.41, 5.74) is 9.30. The predicted molar refractivity (Wildman–Crippen MR) is 108 cm³/mol. The first kappa shape index (κ1) is 17.5. The van der Waals surface area contributed by atoms with Crippen LogP contribution in [0.4, 0.5) is 17.3 Å². The molecule has 3 N–H and O–H groups in total. The van der Waals surface area contributed by atoms with E-state index in [4.69, 9.17) is 5.73 Å². The molecule has 0 atom stereocenters. The minimum absolute atomic E-state index is 0.543. The Bertz CT molecular complexity index is 792. The maximum Gasteiger partial charge on any atom is 0.158 e. The van der Waals surface area contributed by atoms with Crippen molar-refractivity contribution in [1.82, 2.24) is 9.97 Å². The SMILES string of the molecule is C=CCNc1ncnc(N(Cc2ccccc2)Cc2ccccc2)c1N. The van der Waals surface area contributed by atoms with Crippen LogP contribution < -0.4 is 16.0 Å². The zero-order valence-corrected chi connectivity index (χ0v) is 14.7. The Balaban J connectivity index is 1.93. The molecule has 5 nitrogen and oxygen atoms in total. The number of nitrogens with two attached hydrogens (primary N) is 1. The zero-order chi connectivity index (χ0) is 18.2. The van der Waals surface area contributed by atoms with Gasteiger partial charge in [0.15, 0.2) is 11.6 Å². The molecule has 0 fully saturated rings. The van der Waals surface area contributed by atoms with Crippen LogP contribution in [0.25, 0.3) is 0 Å². The third-order valence-electron chi connectivity index (χ3n) is 4.01. The lowest BCUT2D eigenvalue weighted by Gasteiger charge is -2.26. The van der Waals surface area contributed by atoms with Crippen molar-refractivity contribution in [3.63, 3.8) is 0 Å². The Morgan fingerprint density at radius 1 is 0.923 bits per heavy atom. The Labute approximate surface area is 154 Å². The third-order valence-corrected chi connectivity index (χ3v) is 4.01. The third kappa shape index (κ3) is 4.39. The van der Waals surface area contributed by atoms with Gasteiger partial charge in [-0.1, -0.05) is 66.7 Å². The number of nitrogens with one attached hydrogen (secondary N) is 1. The van der Waals surface area contributed by atoms with Gasteiger partial charge in [0, 0.05) is 19.6 Å². The summed E-state index contributed by atoms with van der Waals surface area (Å²) in [6, 6.07) is 20.6. The smallest absolute Gasteiger partial charge is 0.158 e. The normalized spacial score (nSPS) is 10.3. The van der Waals surface area contributed by atoms with Crippen molar-refractivity contribution in [1.29, 1.82) is 0 Å². The molecule has 0 radical (unpaired) electrons. The fraction of sp³-hybridized carbons (Fsp3) is 0.143. The minimum atomic E-state index is 0.543. The van der Waals surface area contributed by atoms with Crippen molar-refractivity contribution in [3.05, 3.63) is 90.8 Å². The molecule has 2 aromatic carbocycles. The lowest BCUT2D eigenvalue weighted by atomic mass is 10.1. The summed E-state index contributed by atoms with van der Waals surface area (Å²) in [7, 11) is 0. The van der Waals surface area contributed by atoms with E-state index in [0.29, 0.717) is 31.1 Å². The van der Waals surface area contributed by atoms with E-state index in [2.05, 4.69) is 51.0 Å². The summed E-state index contributed by atoms with van der Waals surface area (Å²) < 4.78 is 0. The van der Waals surface area contributed by atoms with Crippen molar-refractivity contribution in [2.24, 2.45) is 0 Å². The molecule has 132 valence electrons. The van der Waals surface area contributed by atoms with E-state index in [0.717, 1.165) is 5.82 Å². The highest BCUT2D eigenvalue weighted by atomic mass is 15.2. The van der Waals surface area contributed by atoms with Crippen LogP contribution in [0.15, 0.2) is 79.6 Å². The van der Waals surface area contributed by atoms with Crippen LogP contribution in [0, 0.1) is 0 Å². The van der Waals surface area contributed by atoms with Gasteiger partial charge in [-0.3, -0.25) is 0 Å². The number of anilines is 3. The van der Waals surface area contributed by atoms with Crippen LogP contribution in [0.5, 0.6) is 0 Å². The number of hydrogen-bond donors (Lipinski definition) is 2. The molecular formula is C21H23N5. The van der Waals surface area contributed by atoms with E-state index in [9.17, 15) is 0 Å². The maximum absolute atomic E-state index is 6.37. The molecule has 0 saturated carbocycles. The summed E-state index contributed by atoms with van der Waals surface area (Å²) in [5, 5.41) is 3.16. The van der Waals surface area contributed by atoms with E-state index in [1.807, 2.05) is 36.4 Å². The standard InChI is InChI=1S/C21H23N5/c1-2-13-23-20-19(22)21(25-16-24-20)26(14-17-9-5-3-6-10-17)15-18-11-7-4-8-12-18/h2-12,16H,1,13-15,22H2,(H,23,24,25). The number of benzene rings is 2. The fourth-order valence-electron chi connectivity index (χ4n) is 2.76. The molecule has 5 heteroatoms. The van der Waals surface area contributed by atoms with Gasteiger partial charge in [0.05, 0.1) is 0 Å². The van der Waals surface area contributed by atoms with Crippen LogP contribution >= 0.6 is 0 Å². The molecule has 0 aliphatic carbocycles. The van der Waals surface area contributed by atoms with Crippen LogP contribution in [0.3, 0.4) is 0 Å². The highest BCUT2D eigenvalue weighted by Crippen LogP contribution is 2.28. The van der Waals surface area contributed by atoms with Gasteiger partial charge in [0.25, 0.3) is 0 Å². The molecule has 0 spiro atoms. The van der Waals surface area contributed by atoms with Crippen molar-refractivity contribution < 1.29 is 0 Å². The minimum Gasteiger partial charge on any atom is -0.393 e. The van der Waals surface area contributed by atoms with Gasteiger partial charge in [-0.2, -0.15) is 0 Å². The number of rotatable bonds is 8. The van der Waals surface area contributed by atoms with Gasteiger partial charge in [-0.05, 0) is 11.1 Å². The van der Waals surface area contributed by atoms with Crippen LogP contribution in [-0.2, 0) is 13.1 Å². The van der Waals surface area contributed by atoms with Crippen molar-refractivity contribution in [3.8, 4) is 0 Å². The van der Waals surface area contributed by atoms with Crippen LogP contribution in [-0.4, -0.2) is 16.5 Å². The van der Waals surface area contributed by atoms with Gasteiger partial charge in [0.1, 0.15) is 12.0 Å². The van der Waals surface area contributed by atoms with Crippen molar-refractivity contribution in [2.75, 3.05) is 22.5 Å². The van der Waals surface area contributed by atoms with E-state index < -0.39 is 0 Å². The highest BCUT2D eigenvalue weighted by molar-refractivity contribution is 5.75. The Kier molecular flexibility index (Phi) is 5.83. The molecule has 3 aromatic rings. The quantitative estimate of drug-likeness (QED) is 0.607. The molecular weight excluding hydrogens is 322 g/mol. The first-order valence-electron chi connectivity index (χ1n) is 8.56. The summed E-state index contributed by atoms with van der Waals surface area (Å²) in [4.78, 5) is 10.9. The van der Waals surface area contributed by atoms with Gasteiger partial charge < -0.3 is 16.0 Å². The second-order valence-electron chi connectivity index (χ2n) is 5.96. The molecule has 0 bridgehead atoms. The zero-order valence-electron chi connectivity index (χ0n) is 14.7. The monoisotopic (exact) mass is 345 g/mol. The van der Waals surface area contributed by atoms with E-state index >= 15 is 0 Å². The van der Waals surface area contributed by atoms with Crippen LogP contribution in [0.1, 0.15) is 11.1 Å². The predicted octanol–water partition coefficient (Wildman–Crippen LogP) is 3.86. The molecule has 0 amide bonds. The van der Waals surface area contributed by atoms with Crippen molar-refractivity contribution >= 4 is 17.3 Å². The first-order valence-corrected chi connectivity index (χ1v) is 8.56. The Hall–Kier alpha value is -3.34. The molecule has 0 saturated heterocycles. The highest BCUT2D eigenvalue weighted by Gasteiger charge is 2.16. The molecule has 0 unspecified atom stereocenters. The summed E-state index contributed by atoms with van der Waals surface area (Å²) in [6.07, 6.45) is 3.31. The molecule has 3 rings (SSSR count). The summed E-state index contributed by atoms with van der Waals surface area (Å²) in [6.45, 7) is 5.73. The number of aromatic nitrogens is 2. The van der Waals surface area contributed by atoms with Gasteiger partial charge in [-0.15, -0.1) is 6.58 Å². The molecule has 0 aliphatic rings. The topological polar surface area (TPSA) is 67.1 Å². The lowest BCUT2D eigenvalue weighted by Crippen LogP contribution is -2.25. The van der Waals surface area contributed by atoms with Gasteiger partial charge >= 0.3 is 0 Å². The average molecular weight is 345 g/mol. The van der Waals surface area contributed by atoms with E-state index in [1.54, 1.807) is 12.4 Å². The molecule has 1 aromatic heterocycles. The van der Waals surface area contributed by atoms with Gasteiger partial charge in [0.2, 0.25) is 0 Å². The maximum atomic E-state index is 6.37. The largest absolute Gasteiger partial charge is 0.393 e. The van der Waals surface area contributed by atoms with E-state index in [1.165, 1.54) is 11.1 Å². The number of nitrogen functional groups attached to an aromatic ring is 1. The molecule has 0 aliphatic heterocycles. The van der Waals surface area contributed by atoms with Crippen LogP contribution in [0.2, 0.25) is 0 Å². The Morgan fingerprint density at radius 2 is 1.50 bits per heavy atom. The van der Waals surface area contributed by atoms with Crippen molar-refractivity contribution in [2.45, 2.75) is 13.1 Å². The molecule has 26 heavy (non-hydrogen) atoms. The second-order valence-corrected chi connectivity index (χ2v) is 5.96. The first-order chi connectivity index (χ1) is 12.8. The Morgan fingerprint density at radius 3 is 2.04 bits per heavy atom. The number of nitrogens with zero attached hydrogens (tertiary/aromatic N) is 3. The summed E-state index contributed by atoms with van der Waals surface area (Å²) in [5.74, 6) is 1.35. The molecule has 1 heterocycles. The van der Waals surface area contributed by atoms with Gasteiger partial charge in [-0.25, -0.2) is 9.97 Å². The second kappa shape index (κ2) is 8.67. The number of hydrogen-bond acceptors (Lipinski definition) is 5. The summed E-state index contributed by atoms with van der Waals surface area (Å²) >= 11 is 0.